The van der Waals surface area contributed by atoms with Gasteiger partial charge in [-0.05, 0) is 69.5 Å². The van der Waals surface area contributed by atoms with E-state index in [1.54, 1.807) is 36.4 Å². The molecule has 0 fully saturated rings. The molecule has 0 bridgehead atoms. The zero-order valence-electron chi connectivity index (χ0n) is 16.9. The summed E-state index contributed by atoms with van der Waals surface area (Å²) in [6, 6.07) is 12.1. The molecule has 1 amide bonds. The van der Waals surface area contributed by atoms with Crippen molar-refractivity contribution >= 4 is 21.6 Å². The van der Waals surface area contributed by atoms with Crippen LogP contribution in [0.25, 0.3) is 0 Å². The molecule has 2 aromatic rings. The van der Waals surface area contributed by atoms with Crippen LogP contribution in [0.5, 0.6) is 0 Å². The fourth-order valence-corrected chi connectivity index (χ4v) is 5.44. The molecule has 0 spiro atoms. The number of hydrogen-bond acceptors (Lipinski definition) is 3. The number of nitrogens with one attached hydrogen (secondary N) is 1. The average Bonchev–Trinajstić information content (AvgIpc) is 2.97. The number of carbonyl (C=O) groups excluding carboxylic acids is 1. The summed E-state index contributed by atoms with van der Waals surface area (Å²) in [4.78, 5) is 12.8. The summed E-state index contributed by atoms with van der Waals surface area (Å²) in [6.07, 6.45) is 2.53. The Morgan fingerprint density at radius 2 is 1.89 bits per heavy atom. The Balaban J connectivity index is 1.90. The topological polar surface area (TPSA) is 66.5 Å². The Hall–Kier alpha value is -2.34. The van der Waals surface area contributed by atoms with Gasteiger partial charge in [-0.25, -0.2) is 8.42 Å². The van der Waals surface area contributed by atoms with Gasteiger partial charge in [0.2, 0.25) is 0 Å². The van der Waals surface area contributed by atoms with E-state index < -0.39 is 10.0 Å². The van der Waals surface area contributed by atoms with Gasteiger partial charge in [0, 0.05) is 17.6 Å². The number of fused-ring (bicyclic) bond motifs is 1. The monoisotopic (exact) mass is 400 g/mol. The first-order valence-electron chi connectivity index (χ1n) is 9.79. The minimum absolute atomic E-state index is 0.114. The third-order valence-electron chi connectivity index (χ3n) is 5.17. The third kappa shape index (κ3) is 3.92. The molecular formula is C22H28N2O3S. The maximum Gasteiger partial charge on any atom is 0.264 e. The predicted molar refractivity (Wildman–Crippen MR) is 112 cm³/mol. The van der Waals surface area contributed by atoms with Crippen LogP contribution in [0.2, 0.25) is 0 Å². The SMILES string of the molecule is CCC[C@H](C)NC(=O)c1ccc2c(c1)C[C@@H](C)N2S(=O)(=O)c1ccc(C)cc1. The number of rotatable bonds is 6. The van der Waals surface area contributed by atoms with Crippen molar-refractivity contribution in [1.82, 2.24) is 5.32 Å². The van der Waals surface area contributed by atoms with Crippen LogP contribution in [0, 0.1) is 6.92 Å². The van der Waals surface area contributed by atoms with E-state index in [9.17, 15) is 13.2 Å². The third-order valence-corrected chi connectivity index (χ3v) is 7.11. The Kier molecular flexibility index (Phi) is 5.79. The van der Waals surface area contributed by atoms with Gasteiger partial charge in [0.25, 0.3) is 15.9 Å². The molecule has 0 aliphatic carbocycles. The van der Waals surface area contributed by atoms with Gasteiger partial charge in [0.05, 0.1) is 10.6 Å². The Bertz CT molecular complexity index is 968. The molecular weight excluding hydrogens is 372 g/mol. The van der Waals surface area contributed by atoms with Gasteiger partial charge in [-0.15, -0.1) is 0 Å². The molecule has 2 atom stereocenters. The molecule has 0 saturated heterocycles. The van der Waals surface area contributed by atoms with Crippen molar-refractivity contribution < 1.29 is 13.2 Å². The highest BCUT2D eigenvalue weighted by Crippen LogP contribution is 2.37. The first-order chi connectivity index (χ1) is 13.2. The number of anilines is 1. The standard InChI is InChI=1S/C22H28N2O3S/c1-5-6-16(3)23-22(25)18-9-12-21-19(14-18)13-17(4)24(21)28(26,27)20-10-7-15(2)8-11-20/h7-12,14,16-17H,5-6,13H2,1-4H3,(H,23,25)/t16-,17+/m0/s1. The molecule has 5 nitrogen and oxygen atoms in total. The molecule has 6 heteroatoms. The molecule has 150 valence electrons. The van der Waals surface area contributed by atoms with Gasteiger partial charge < -0.3 is 5.32 Å². The summed E-state index contributed by atoms with van der Waals surface area (Å²) < 4.78 is 27.9. The first kappa shape index (κ1) is 20.4. The van der Waals surface area contributed by atoms with Gasteiger partial charge in [-0.3, -0.25) is 9.10 Å². The van der Waals surface area contributed by atoms with E-state index in [1.165, 1.54) is 4.31 Å². The van der Waals surface area contributed by atoms with Crippen LogP contribution in [0.4, 0.5) is 5.69 Å². The maximum absolute atomic E-state index is 13.2. The molecule has 0 radical (unpaired) electrons. The van der Waals surface area contributed by atoms with Gasteiger partial charge in [0.15, 0.2) is 0 Å². The summed E-state index contributed by atoms with van der Waals surface area (Å²) in [5, 5.41) is 3.00. The predicted octanol–water partition coefficient (Wildman–Crippen LogP) is 4.05. The van der Waals surface area contributed by atoms with Crippen LogP contribution in [0.3, 0.4) is 0 Å². The van der Waals surface area contributed by atoms with Crippen molar-refractivity contribution in [2.24, 2.45) is 0 Å². The van der Waals surface area contributed by atoms with Crippen molar-refractivity contribution in [3.8, 4) is 0 Å². The highest BCUT2D eigenvalue weighted by atomic mass is 32.2. The maximum atomic E-state index is 13.2. The molecule has 1 heterocycles. The summed E-state index contributed by atoms with van der Waals surface area (Å²) >= 11 is 0. The minimum Gasteiger partial charge on any atom is -0.350 e. The van der Waals surface area contributed by atoms with E-state index in [1.807, 2.05) is 26.8 Å². The molecule has 0 unspecified atom stereocenters. The smallest absolute Gasteiger partial charge is 0.264 e. The fraction of sp³-hybridized carbons (Fsp3) is 0.409. The average molecular weight is 401 g/mol. The second-order valence-corrected chi connectivity index (χ2v) is 9.49. The van der Waals surface area contributed by atoms with E-state index in [0.717, 1.165) is 24.0 Å². The minimum atomic E-state index is -3.64. The molecule has 1 N–H and O–H groups in total. The lowest BCUT2D eigenvalue weighted by atomic mass is 10.1. The summed E-state index contributed by atoms with van der Waals surface area (Å²) in [7, 11) is -3.64. The number of nitrogens with zero attached hydrogens (tertiary/aromatic N) is 1. The van der Waals surface area contributed by atoms with Crippen LogP contribution in [-0.4, -0.2) is 26.4 Å². The van der Waals surface area contributed by atoms with E-state index in [-0.39, 0.29) is 22.9 Å². The molecule has 0 aromatic heterocycles. The number of carbonyl (C=O) groups is 1. The molecule has 2 aromatic carbocycles. The van der Waals surface area contributed by atoms with Crippen LogP contribution in [-0.2, 0) is 16.4 Å². The lowest BCUT2D eigenvalue weighted by Gasteiger charge is -2.24. The largest absolute Gasteiger partial charge is 0.350 e. The Morgan fingerprint density at radius 3 is 2.54 bits per heavy atom. The van der Waals surface area contributed by atoms with Crippen LogP contribution >= 0.6 is 0 Å². The summed E-state index contributed by atoms with van der Waals surface area (Å²) in [5.74, 6) is -0.115. The van der Waals surface area contributed by atoms with Crippen molar-refractivity contribution in [2.45, 2.75) is 63.9 Å². The first-order valence-corrected chi connectivity index (χ1v) is 11.2. The van der Waals surface area contributed by atoms with Gasteiger partial charge in [0.1, 0.15) is 0 Å². The number of benzene rings is 2. The second kappa shape index (κ2) is 7.95. The van der Waals surface area contributed by atoms with Crippen molar-refractivity contribution in [1.29, 1.82) is 0 Å². The van der Waals surface area contributed by atoms with E-state index in [4.69, 9.17) is 0 Å². The Morgan fingerprint density at radius 1 is 1.21 bits per heavy atom. The van der Waals surface area contributed by atoms with Crippen molar-refractivity contribution in [3.63, 3.8) is 0 Å². The van der Waals surface area contributed by atoms with Crippen molar-refractivity contribution in [3.05, 3.63) is 59.2 Å². The zero-order chi connectivity index (χ0) is 20.5. The Labute approximate surface area is 167 Å². The number of aryl methyl sites for hydroxylation is 1. The lowest BCUT2D eigenvalue weighted by molar-refractivity contribution is 0.0938. The zero-order valence-corrected chi connectivity index (χ0v) is 17.7. The molecule has 1 aliphatic rings. The van der Waals surface area contributed by atoms with E-state index in [0.29, 0.717) is 17.7 Å². The highest BCUT2D eigenvalue weighted by molar-refractivity contribution is 7.92. The number of sulfonamides is 1. The van der Waals surface area contributed by atoms with Gasteiger partial charge in [-0.2, -0.15) is 0 Å². The van der Waals surface area contributed by atoms with Crippen molar-refractivity contribution in [2.75, 3.05) is 4.31 Å². The molecule has 3 rings (SSSR count). The van der Waals surface area contributed by atoms with Gasteiger partial charge >= 0.3 is 0 Å². The van der Waals surface area contributed by atoms with Crippen LogP contribution in [0.1, 0.15) is 55.1 Å². The normalized spacial score (nSPS) is 17.3. The summed E-state index contributed by atoms with van der Waals surface area (Å²) in [5.41, 5.74) is 3.13. The number of hydrogen-bond donors (Lipinski definition) is 1. The van der Waals surface area contributed by atoms with Crippen LogP contribution < -0.4 is 9.62 Å². The lowest BCUT2D eigenvalue weighted by Crippen LogP contribution is -2.35. The quantitative estimate of drug-likeness (QED) is 0.795. The molecule has 1 aliphatic heterocycles. The highest BCUT2D eigenvalue weighted by Gasteiger charge is 2.36. The van der Waals surface area contributed by atoms with Crippen LogP contribution in [0.15, 0.2) is 47.4 Å². The second-order valence-electron chi connectivity index (χ2n) is 7.67. The summed E-state index contributed by atoms with van der Waals surface area (Å²) in [6.45, 7) is 7.90. The van der Waals surface area contributed by atoms with E-state index in [2.05, 4.69) is 12.2 Å². The number of amides is 1. The van der Waals surface area contributed by atoms with Gasteiger partial charge in [-0.1, -0.05) is 31.0 Å². The fourth-order valence-electron chi connectivity index (χ4n) is 3.75. The van der Waals surface area contributed by atoms with E-state index >= 15 is 0 Å². The molecule has 28 heavy (non-hydrogen) atoms. The molecule has 0 saturated carbocycles.